The van der Waals surface area contributed by atoms with Gasteiger partial charge in [-0.25, -0.2) is 4.79 Å². The van der Waals surface area contributed by atoms with Crippen molar-refractivity contribution in [3.63, 3.8) is 0 Å². The number of methoxy groups -OCH3 is 1. The van der Waals surface area contributed by atoms with E-state index >= 15 is 0 Å². The summed E-state index contributed by atoms with van der Waals surface area (Å²) < 4.78 is 47.2. The summed E-state index contributed by atoms with van der Waals surface area (Å²) in [6.07, 6.45) is -4.58. The molecule has 12 nitrogen and oxygen atoms in total. The van der Waals surface area contributed by atoms with Gasteiger partial charge in [-0.05, 0) is 47.4 Å². The average molecular weight is 578 g/mol. The molecule has 2 aromatic carbocycles. The number of hydrogen-bond acceptors (Lipinski definition) is 11. The first-order chi connectivity index (χ1) is 19.3. The first kappa shape index (κ1) is 30.7. The van der Waals surface area contributed by atoms with Crippen LogP contribution in [0.3, 0.4) is 0 Å². The Balaban J connectivity index is 1.64. The highest BCUT2D eigenvalue weighted by Gasteiger charge is 2.29. The van der Waals surface area contributed by atoms with E-state index in [4.69, 9.17) is 4.74 Å². The molecule has 1 aromatic heterocycles. The number of halogens is 3. The lowest BCUT2D eigenvalue weighted by Crippen LogP contribution is -2.41. The van der Waals surface area contributed by atoms with Crippen LogP contribution in [0.1, 0.15) is 19.4 Å². The molecule has 220 valence electrons. The van der Waals surface area contributed by atoms with Crippen LogP contribution in [0.2, 0.25) is 0 Å². The summed E-state index contributed by atoms with van der Waals surface area (Å²) in [6.45, 7) is 3.15. The Morgan fingerprint density at radius 3 is 2.15 bits per heavy atom. The second kappa shape index (κ2) is 13.5. The molecule has 0 aliphatic heterocycles. The van der Waals surface area contributed by atoms with Crippen LogP contribution in [0.5, 0.6) is 11.8 Å². The highest BCUT2D eigenvalue weighted by Crippen LogP contribution is 2.22. The Morgan fingerprint density at radius 1 is 0.878 bits per heavy atom. The number of esters is 1. The van der Waals surface area contributed by atoms with E-state index in [1.807, 2.05) is 13.8 Å². The summed E-state index contributed by atoms with van der Waals surface area (Å²) >= 11 is 0. The van der Waals surface area contributed by atoms with Gasteiger partial charge in [0.05, 0.1) is 7.11 Å². The third-order valence-electron chi connectivity index (χ3n) is 5.38. The van der Waals surface area contributed by atoms with Gasteiger partial charge in [-0.1, -0.05) is 26.0 Å². The molecule has 0 saturated heterocycles. The molecule has 0 aliphatic carbocycles. The Bertz CT molecular complexity index is 1320. The topological polar surface area (TPSA) is 160 Å². The van der Waals surface area contributed by atoms with E-state index in [0.29, 0.717) is 12.2 Å². The van der Waals surface area contributed by atoms with E-state index in [0.717, 1.165) is 18.4 Å². The molecule has 0 radical (unpaired) electrons. The van der Waals surface area contributed by atoms with Crippen LogP contribution in [0.15, 0.2) is 48.5 Å². The van der Waals surface area contributed by atoms with E-state index in [-0.39, 0.29) is 30.7 Å². The van der Waals surface area contributed by atoms with E-state index < -0.39 is 36.1 Å². The maximum absolute atomic E-state index is 12.7. The number of aromatic nitrogens is 3. The number of alkyl halides is 3. The van der Waals surface area contributed by atoms with Gasteiger partial charge in [0.2, 0.25) is 11.9 Å². The fourth-order valence-corrected chi connectivity index (χ4v) is 3.19. The lowest BCUT2D eigenvalue weighted by Gasteiger charge is -2.25. The summed E-state index contributed by atoms with van der Waals surface area (Å²) in [7, 11) is 1.13. The average Bonchev–Trinajstić information content (AvgIpc) is 2.93. The molecule has 0 fully saturated rings. The first-order valence-electron chi connectivity index (χ1n) is 12.3. The van der Waals surface area contributed by atoms with Gasteiger partial charge < -0.3 is 35.8 Å². The highest BCUT2D eigenvalue weighted by atomic mass is 19.4. The van der Waals surface area contributed by atoms with Gasteiger partial charge in [0, 0.05) is 31.0 Å². The van der Waals surface area contributed by atoms with Crippen LogP contribution < -0.4 is 26.0 Å². The second-order valence-corrected chi connectivity index (χ2v) is 9.58. The largest absolute Gasteiger partial charge is 0.508 e. The molecule has 0 aliphatic rings. The predicted octanol–water partition coefficient (Wildman–Crippen LogP) is 3.60. The van der Waals surface area contributed by atoms with Crippen LogP contribution in [-0.2, 0) is 20.9 Å². The van der Waals surface area contributed by atoms with Gasteiger partial charge in [0.15, 0.2) is 6.61 Å². The maximum atomic E-state index is 12.7. The number of anilines is 4. The second-order valence-electron chi connectivity index (χ2n) is 9.58. The zero-order valence-corrected chi connectivity index (χ0v) is 22.5. The van der Waals surface area contributed by atoms with Gasteiger partial charge >= 0.3 is 24.1 Å². The summed E-state index contributed by atoms with van der Waals surface area (Å²) in [6, 6.07) is 12.7. The Labute approximate surface area is 233 Å². The quantitative estimate of drug-likeness (QED) is 0.158. The molecule has 15 heteroatoms. The summed E-state index contributed by atoms with van der Waals surface area (Å²) in [5.41, 5.74) is 1.66. The van der Waals surface area contributed by atoms with Crippen LogP contribution in [0, 0.1) is 5.41 Å². The molecular weight excluding hydrogens is 547 g/mol. The summed E-state index contributed by atoms with van der Waals surface area (Å²) in [5.74, 6) is -1.76. The van der Waals surface area contributed by atoms with Gasteiger partial charge in [-0.2, -0.15) is 28.1 Å². The van der Waals surface area contributed by atoms with Crippen LogP contribution in [0.25, 0.3) is 0 Å². The number of hydrogen-bond donors (Lipinski definition) is 5. The first-order valence-corrected chi connectivity index (χ1v) is 12.3. The molecular formula is C26H30F3N7O5. The molecule has 3 rings (SSSR count). The van der Waals surface area contributed by atoms with Crippen molar-refractivity contribution in [3.8, 4) is 11.8 Å². The number of carbonyl (C=O) groups is 2. The smallest absolute Gasteiger partial charge is 0.422 e. The Kier molecular flexibility index (Phi) is 10.1. The molecule has 3 aromatic rings. The zero-order valence-electron chi connectivity index (χ0n) is 22.5. The maximum Gasteiger partial charge on any atom is 0.422 e. The summed E-state index contributed by atoms with van der Waals surface area (Å²) in [5, 5.41) is 21.0. The number of benzene rings is 2. The van der Waals surface area contributed by atoms with Crippen molar-refractivity contribution in [1.29, 1.82) is 0 Å². The van der Waals surface area contributed by atoms with Crippen molar-refractivity contribution in [1.82, 2.24) is 20.3 Å². The molecule has 41 heavy (non-hydrogen) atoms. The number of carbonyl (C=O) groups excluding carboxylic acids is 2. The third kappa shape index (κ3) is 10.7. The minimum absolute atomic E-state index is 0.0208. The summed E-state index contributed by atoms with van der Waals surface area (Å²) in [4.78, 5) is 34.9. The van der Waals surface area contributed by atoms with E-state index in [2.05, 4.69) is 41.0 Å². The van der Waals surface area contributed by atoms with Crippen LogP contribution in [0.4, 0.5) is 36.4 Å². The molecule has 0 saturated carbocycles. The Morgan fingerprint density at radius 2 is 1.51 bits per heavy atom. The lowest BCUT2D eigenvalue weighted by molar-refractivity contribution is -0.154. The lowest BCUT2D eigenvalue weighted by atomic mass is 9.93. The minimum Gasteiger partial charge on any atom is -0.508 e. The van der Waals surface area contributed by atoms with Crippen molar-refractivity contribution in [3.05, 3.63) is 54.1 Å². The van der Waals surface area contributed by atoms with Crippen LogP contribution >= 0.6 is 0 Å². The van der Waals surface area contributed by atoms with Crippen molar-refractivity contribution < 1.29 is 37.3 Å². The zero-order chi connectivity index (χ0) is 30.0. The highest BCUT2D eigenvalue weighted by molar-refractivity contribution is 6.32. The van der Waals surface area contributed by atoms with E-state index in [9.17, 15) is 27.9 Å². The number of phenolic OH excluding ortho intramolecular Hbond substituents is 1. The normalized spacial score (nSPS) is 11.4. The van der Waals surface area contributed by atoms with E-state index in [1.165, 1.54) is 12.1 Å². The number of ether oxygens (including phenoxy) is 2. The molecule has 0 atom stereocenters. The standard InChI is InChI=1S/C26H30F3N7O5/c1-25(2,14-32-20(38)21(39)40-3)13-31-17-6-8-18(9-7-17)33-23-34-22(30-12-16-4-10-19(37)11-5-16)35-24(36-23)41-15-26(27,28)29/h4-11,31,37H,12-15H2,1-3H3,(H,32,38)(H2,30,33,34,35,36). The molecule has 1 heterocycles. The van der Waals surface area contributed by atoms with Crippen molar-refractivity contribution in [2.24, 2.45) is 5.41 Å². The molecule has 0 unspecified atom stereocenters. The van der Waals surface area contributed by atoms with Gasteiger partial charge in [0.25, 0.3) is 0 Å². The van der Waals surface area contributed by atoms with Gasteiger partial charge in [-0.3, -0.25) is 4.79 Å². The molecule has 5 N–H and O–H groups in total. The van der Waals surface area contributed by atoms with Gasteiger partial charge in [-0.15, -0.1) is 0 Å². The number of rotatable bonds is 12. The number of phenols is 1. The van der Waals surface area contributed by atoms with E-state index in [1.54, 1.807) is 36.4 Å². The monoisotopic (exact) mass is 577 g/mol. The SMILES string of the molecule is COC(=O)C(=O)NCC(C)(C)CNc1ccc(Nc2nc(NCc3ccc(O)cc3)nc(OCC(F)(F)F)n2)cc1. The number of aromatic hydroxyl groups is 1. The van der Waals surface area contributed by atoms with Crippen molar-refractivity contribution >= 4 is 35.1 Å². The molecule has 0 spiro atoms. The Hall–Kier alpha value is -4.82. The van der Waals surface area contributed by atoms with Crippen molar-refractivity contribution in [2.45, 2.75) is 26.6 Å². The molecule has 1 amide bonds. The number of amides is 1. The van der Waals surface area contributed by atoms with Crippen molar-refractivity contribution in [2.75, 3.05) is 42.8 Å². The van der Waals surface area contributed by atoms with Gasteiger partial charge in [0.1, 0.15) is 5.75 Å². The fraction of sp³-hybridized carbons (Fsp3) is 0.346. The van der Waals surface area contributed by atoms with Crippen LogP contribution in [-0.4, -0.2) is 64.9 Å². The predicted molar refractivity (Wildman–Crippen MR) is 144 cm³/mol. The fourth-order valence-electron chi connectivity index (χ4n) is 3.19. The minimum atomic E-state index is -4.58. The third-order valence-corrected chi connectivity index (χ3v) is 5.38. The molecule has 0 bridgehead atoms. The number of nitrogens with zero attached hydrogens (tertiary/aromatic N) is 3. The number of nitrogens with one attached hydrogen (secondary N) is 4.